The molecule has 0 atom stereocenters. The molecule has 1 N–H and O–H groups in total. The van der Waals surface area contributed by atoms with Gasteiger partial charge in [0.05, 0.1) is 6.61 Å². The zero-order chi connectivity index (χ0) is 14.3. The summed E-state index contributed by atoms with van der Waals surface area (Å²) in [7, 11) is 0. The third-order valence-electron chi connectivity index (χ3n) is 2.84. The van der Waals surface area contributed by atoms with Crippen molar-refractivity contribution < 1.29 is 4.74 Å². The fourth-order valence-electron chi connectivity index (χ4n) is 1.65. The van der Waals surface area contributed by atoms with Crippen LogP contribution >= 0.6 is 0 Å². The van der Waals surface area contributed by atoms with E-state index in [0.717, 1.165) is 37.4 Å². The fraction of sp³-hybridized carbons (Fsp3) is 0.688. The Bertz CT molecular complexity index is 369. The zero-order valence-corrected chi connectivity index (χ0v) is 13.0. The number of nitrogens with one attached hydrogen (secondary N) is 1. The van der Waals surface area contributed by atoms with E-state index in [1.807, 2.05) is 12.3 Å². The largest absolute Gasteiger partial charge is 0.493 e. The molecule has 0 radical (unpaired) electrons. The Balaban J connectivity index is 2.48. The van der Waals surface area contributed by atoms with Gasteiger partial charge in [0.15, 0.2) is 0 Å². The molecular weight excluding hydrogens is 236 g/mol. The van der Waals surface area contributed by atoms with Crippen LogP contribution in [0, 0.1) is 11.3 Å². The van der Waals surface area contributed by atoms with E-state index in [0.29, 0.717) is 11.3 Å². The van der Waals surface area contributed by atoms with Gasteiger partial charge in [0.1, 0.15) is 5.75 Å². The summed E-state index contributed by atoms with van der Waals surface area (Å²) in [5.41, 5.74) is 1.44. The number of hydrogen-bond donors (Lipinski definition) is 1. The summed E-state index contributed by atoms with van der Waals surface area (Å²) in [5, 5.41) is 3.43. The second kappa shape index (κ2) is 7.49. The van der Waals surface area contributed by atoms with Crippen LogP contribution < -0.4 is 10.1 Å². The SMILES string of the molecule is CC(C)CNCc1cnccc1OCCC(C)(C)C. The fourth-order valence-corrected chi connectivity index (χ4v) is 1.65. The predicted molar refractivity (Wildman–Crippen MR) is 80.3 cm³/mol. The van der Waals surface area contributed by atoms with Crippen molar-refractivity contribution in [3.63, 3.8) is 0 Å². The Morgan fingerprint density at radius 3 is 2.68 bits per heavy atom. The van der Waals surface area contributed by atoms with Crippen LogP contribution in [0.15, 0.2) is 18.5 Å². The monoisotopic (exact) mass is 264 g/mol. The molecule has 0 aliphatic heterocycles. The second-order valence-electron chi connectivity index (χ2n) is 6.67. The molecule has 0 saturated carbocycles. The highest BCUT2D eigenvalue weighted by atomic mass is 16.5. The van der Waals surface area contributed by atoms with Crippen LogP contribution in [-0.2, 0) is 6.54 Å². The van der Waals surface area contributed by atoms with E-state index in [4.69, 9.17) is 4.74 Å². The van der Waals surface area contributed by atoms with Crippen LogP contribution in [0.3, 0.4) is 0 Å². The van der Waals surface area contributed by atoms with E-state index in [1.54, 1.807) is 6.20 Å². The molecule has 0 amide bonds. The maximum Gasteiger partial charge on any atom is 0.126 e. The molecule has 0 saturated heterocycles. The average molecular weight is 264 g/mol. The van der Waals surface area contributed by atoms with Crippen LogP contribution in [-0.4, -0.2) is 18.1 Å². The molecular formula is C16H28N2O. The molecule has 0 spiro atoms. The minimum Gasteiger partial charge on any atom is -0.493 e. The Hall–Kier alpha value is -1.09. The maximum atomic E-state index is 5.89. The van der Waals surface area contributed by atoms with E-state index in [-0.39, 0.29) is 0 Å². The smallest absolute Gasteiger partial charge is 0.126 e. The first-order chi connectivity index (χ1) is 8.88. The molecule has 19 heavy (non-hydrogen) atoms. The lowest BCUT2D eigenvalue weighted by atomic mass is 9.93. The molecule has 0 aliphatic rings. The van der Waals surface area contributed by atoms with Gasteiger partial charge < -0.3 is 10.1 Å². The number of nitrogens with zero attached hydrogens (tertiary/aromatic N) is 1. The lowest BCUT2D eigenvalue weighted by Gasteiger charge is -2.19. The number of aromatic nitrogens is 1. The number of pyridine rings is 1. The second-order valence-corrected chi connectivity index (χ2v) is 6.67. The average Bonchev–Trinajstić information content (AvgIpc) is 2.29. The quantitative estimate of drug-likeness (QED) is 0.816. The Morgan fingerprint density at radius 2 is 2.05 bits per heavy atom. The third kappa shape index (κ3) is 7.16. The van der Waals surface area contributed by atoms with Crippen LogP contribution in [0.4, 0.5) is 0 Å². The highest BCUT2D eigenvalue weighted by Crippen LogP contribution is 2.21. The molecule has 0 aliphatic carbocycles. The predicted octanol–water partition coefficient (Wildman–Crippen LogP) is 3.64. The normalized spacial score (nSPS) is 11.9. The summed E-state index contributed by atoms with van der Waals surface area (Å²) in [6.45, 7) is 13.7. The highest BCUT2D eigenvalue weighted by Gasteiger charge is 2.11. The molecule has 3 nitrogen and oxygen atoms in total. The van der Waals surface area contributed by atoms with E-state index < -0.39 is 0 Å². The summed E-state index contributed by atoms with van der Waals surface area (Å²) in [4.78, 5) is 4.18. The van der Waals surface area contributed by atoms with E-state index >= 15 is 0 Å². The lowest BCUT2D eigenvalue weighted by molar-refractivity contribution is 0.241. The van der Waals surface area contributed by atoms with Crippen molar-refractivity contribution in [1.29, 1.82) is 0 Å². The van der Waals surface area contributed by atoms with Gasteiger partial charge in [-0.2, -0.15) is 0 Å². The molecule has 3 heteroatoms. The summed E-state index contributed by atoms with van der Waals surface area (Å²) < 4.78 is 5.89. The summed E-state index contributed by atoms with van der Waals surface area (Å²) in [5.74, 6) is 1.61. The van der Waals surface area contributed by atoms with Gasteiger partial charge in [-0.3, -0.25) is 4.98 Å². The van der Waals surface area contributed by atoms with Gasteiger partial charge in [0.25, 0.3) is 0 Å². The van der Waals surface area contributed by atoms with Crippen molar-refractivity contribution in [2.75, 3.05) is 13.2 Å². The molecule has 1 aromatic rings. The Morgan fingerprint density at radius 1 is 1.32 bits per heavy atom. The molecule has 1 rings (SSSR count). The van der Waals surface area contributed by atoms with Crippen molar-refractivity contribution in [1.82, 2.24) is 10.3 Å². The first kappa shape index (κ1) is 16.0. The van der Waals surface area contributed by atoms with Crippen molar-refractivity contribution in [3.05, 3.63) is 24.0 Å². The first-order valence-electron chi connectivity index (χ1n) is 7.15. The molecule has 0 unspecified atom stereocenters. The third-order valence-corrected chi connectivity index (χ3v) is 2.84. The van der Waals surface area contributed by atoms with Crippen molar-refractivity contribution in [3.8, 4) is 5.75 Å². The molecule has 0 aromatic carbocycles. The van der Waals surface area contributed by atoms with Gasteiger partial charge in [-0.1, -0.05) is 34.6 Å². The highest BCUT2D eigenvalue weighted by molar-refractivity contribution is 5.29. The Labute approximate surface area is 117 Å². The van der Waals surface area contributed by atoms with Crippen molar-refractivity contribution in [2.24, 2.45) is 11.3 Å². The maximum absolute atomic E-state index is 5.89. The standard InChI is InChI=1S/C16H28N2O/c1-13(2)10-18-12-14-11-17-8-6-15(14)19-9-7-16(3,4)5/h6,8,11,13,18H,7,9-10,12H2,1-5H3. The molecule has 0 fully saturated rings. The van der Waals surface area contributed by atoms with Gasteiger partial charge >= 0.3 is 0 Å². The van der Waals surface area contributed by atoms with Gasteiger partial charge in [-0.25, -0.2) is 0 Å². The first-order valence-corrected chi connectivity index (χ1v) is 7.15. The minimum absolute atomic E-state index is 0.309. The summed E-state index contributed by atoms with van der Waals surface area (Å²) in [6, 6.07) is 1.95. The minimum atomic E-state index is 0.309. The van der Waals surface area contributed by atoms with E-state index in [9.17, 15) is 0 Å². The van der Waals surface area contributed by atoms with Crippen LogP contribution in [0.25, 0.3) is 0 Å². The number of hydrogen-bond acceptors (Lipinski definition) is 3. The molecule has 0 bridgehead atoms. The summed E-state index contributed by atoms with van der Waals surface area (Å²) >= 11 is 0. The summed E-state index contributed by atoms with van der Waals surface area (Å²) in [6.07, 6.45) is 4.73. The van der Waals surface area contributed by atoms with Gasteiger partial charge in [0.2, 0.25) is 0 Å². The van der Waals surface area contributed by atoms with Gasteiger partial charge in [-0.05, 0) is 30.4 Å². The zero-order valence-electron chi connectivity index (χ0n) is 13.0. The molecule has 1 heterocycles. The van der Waals surface area contributed by atoms with Crippen LogP contribution in [0.2, 0.25) is 0 Å². The lowest BCUT2D eigenvalue weighted by Crippen LogP contribution is -2.20. The Kier molecular flexibility index (Phi) is 6.29. The van der Waals surface area contributed by atoms with Crippen molar-refractivity contribution >= 4 is 0 Å². The van der Waals surface area contributed by atoms with Crippen LogP contribution in [0.5, 0.6) is 5.75 Å². The number of rotatable bonds is 7. The number of ether oxygens (including phenoxy) is 1. The van der Waals surface area contributed by atoms with Gasteiger partial charge in [0, 0.05) is 24.5 Å². The van der Waals surface area contributed by atoms with Gasteiger partial charge in [-0.15, -0.1) is 0 Å². The topological polar surface area (TPSA) is 34.2 Å². The van der Waals surface area contributed by atoms with Crippen molar-refractivity contribution in [2.45, 2.75) is 47.6 Å². The van der Waals surface area contributed by atoms with E-state index in [2.05, 4.69) is 44.9 Å². The van der Waals surface area contributed by atoms with E-state index in [1.165, 1.54) is 0 Å². The molecule has 108 valence electrons. The van der Waals surface area contributed by atoms with Crippen LogP contribution in [0.1, 0.15) is 46.6 Å². The molecule has 1 aromatic heterocycles.